The van der Waals surface area contributed by atoms with E-state index in [2.05, 4.69) is 18.7 Å². The first kappa shape index (κ1) is 13.9. The van der Waals surface area contributed by atoms with Gasteiger partial charge in [-0.05, 0) is 13.1 Å². The molecule has 0 radical (unpaired) electrons. The van der Waals surface area contributed by atoms with E-state index >= 15 is 0 Å². The zero-order chi connectivity index (χ0) is 9.98. The molecule has 0 aliphatic rings. The molecule has 0 aromatic rings. The number of aliphatic hydroxyl groups excluding tert-OH is 1. The summed E-state index contributed by atoms with van der Waals surface area (Å²) in [5.41, 5.74) is 0. The third-order valence-corrected chi connectivity index (χ3v) is 1.31. The van der Waals surface area contributed by atoms with Crippen molar-refractivity contribution >= 4 is 5.97 Å². The second-order valence-corrected chi connectivity index (χ2v) is 2.27. The standard InChI is InChI=1S/C6H15NO.C2H4O2/c1-3-7(4-2)5-6-8;1-2(3)4/h8H,3-6H2,1-2H3;1H3,(H,3,4). The number of rotatable bonds is 4. The molecule has 0 aliphatic heterocycles. The van der Waals surface area contributed by atoms with Gasteiger partial charge in [0.15, 0.2) is 0 Å². The van der Waals surface area contributed by atoms with Crippen molar-refractivity contribution in [2.75, 3.05) is 26.2 Å². The van der Waals surface area contributed by atoms with Crippen molar-refractivity contribution in [3.8, 4) is 0 Å². The van der Waals surface area contributed by atoms with Crippen molar-refractivity contribution in [3.05, 3.63) is 0 Å². The van der Waals surface area contributed by atoms with E-state index in [4.69, 9.17) is 15.0 Å². The lowest BCUT2D eigenvalue weighted by molar-refractivity contribution is -0.134. The summed E-state index contributed by atoms with van der Waals surface area (Å²) in [6.45, 7) is 8.45. The number of carboxylic acids is 1. The van der Waals surface area contributed by atoms with Crippen LogP contribution in [0, 0.1) is 0 Å². The first-order valence-corrected chi connectivity index (χ1v) is 4.11. The summed E-state index contributed by atoms with van der Waals surface area (Å²) in [5, 5.41) is 15.9. The van der Waals surface area contributed by atoms with Gasteiger partial charge in [-0.25, -0.2) is 0 Å². The van der Waals surface area contributed by atoms with Crippen LogP contribution in [-0.4, -0.2) is 47.3 Å². The number of aliphatic hydroxyl groups is 1. The van der Waals surface area contributed by atoms with Crippen LogP contribution >= 0.6 is 0 Å². The molecule has 0 aliphatic carbocycles. The maximum Gasteiger partial charge on any atom is 0.300 e. The van der Waals surface area contributed by atoms with E-state index in [-0.39, 0.29) is 6.61 Å². The predicted octanol–water partition coefficient (Wildman–Crippen LogP) is 0.411. The maximum atomic E-state index is 9.00. The van der Waals surface area contributed by atoms with E-state index in [1.54, 1.807) is 0 Å². The van der Waals surface area contributed by atoms with Crippen LogP contribution in [-0.2, 0) is 4.79 Å². The second-order valence-electron chi connectivity index (χ2n) is 2.27. The highest BCUT2D eigenvalue weighted by Gasteiger charge is 1.93. The summed E-state index contributed by atoms with van der Waals surface area (Å²) in [5.74, 6) is -0.833. The van der Waals surface area contributed by atoms with Gasteiger partial charge in [0.1, 0.15) is 0 Å². The predicted molar refractivity (Wildman–Crippen MR) is 48.2 cm³/mol. The first-order chi connectivity index (χ1) is 5.58. The fourth-order valence-corrected chi connectivity index (χ4v) is 0.681. The van der Waals surface area contributed by atoms with E-state index in [0.29, 0.717) is 0 Å². The molecule has 0 unspecified atom stereocenters. The zero-order valence-electron chi connectivity index (χ0n) is 8.08. The number of carboxylic acid groups (broad SMARTS) is 1. The van der Waals surface area contributed by atoms with Gasteiger partial charge < -0.3 is 15.1 Å². The Labute approximate surface area is 73.8 Å². The lowest BCUT2D eigenvalue weighted by atomic mass is 10.5. The average Bonchev–Trinajstić information content (AvgIpc) is 1.99. The Morgan fingerprint density at radius 2 is 1.67 bits per heavy atom. The third kappa shape index (κ3) is 16.2. The minimum Gasteiger partial charge on any atom is -0.481 e. The summed E-state index contributed by atoms with van der Waals surface area (Å²) < 4.78 is 0. The molecule has 0 aromatic carbocycles. The molecule has 0 fully saturated rings. The highest BCUT2D eigenvalue weighted by Crippen LogP contribution is 1.82. The van der Waals surface area contributed by atoms with Gasteiger partial charge in [-0.1, -0.05) is 13.8 Å². The quantitative estimate of drug-likeness (QED) is 0.653. The minimum absolute atomic E-state index is 0.279. The molecule has 0 saturated heterocycles. The maximum absolute atomic E-state index is 9.00. The van der Waals surface area contributed by atoms with E-state index in [1.807, 2.05) is 0 Å². The number of nitrogens with zero attached hydrogens (tertiary/aromatic N) is 1. The van der Waals surface area contributed by atoms with Crippen molar-refractivity contribution in [3.63, 3.8) is 0 Å². The van der Waals surface area contributed by atoms with Gasteiger partial charge in [-0.2, -0.15) is 0 Å². The van der Waals surface area contributed by atoms with Crippen LogP contribution in [0.15, 0.2) is 0 Å². The van der Waals surface area contributed by atoms with Gasteiger partial charge in [0.25, 0.3) is 5.97 Å². The molecular formula is C8H19NO3. The molecule has 0 amide bonds. The van der Waals surface area contributed by atoms with E-state index < -0.39 is 5.97 Å². The largest absolute Gasteiger partial charge is 0.481 e. The van der Waals surface area contributed by atoms with Gasteiger partial charge in [0, 0.05) is 13.5 Å². The smallest absolute Gasteiger partial charge is 0.300 e. The highest BCUT2D eigenvalue weighted by molar-refractivity contribution is 5.62. The molecule has 74 valence electrons. The summed E-state index contributed by atoms with van der Waals surface area (Å²) in [6.07, 6.45) is 0. The topological polar surface area (TPSA) is 60.8 Å². The molecule has 4 heteroatoms. The molecule has 4 nitrogen and oxygen atoms in total. The van der Waals surface area contributed by atoms with Crippen molar-refractivity contribution in [1.82, 2.24) is 4.90 Å². The zero-order valence-corrected chi connectivity index (χ0v) is 8.08. The lowest BCUT2D eigenvalue weighted by Crippen LogP contribution is -2.25. The van der Waals surface area contributed by atoms with E-state index in [0.717, 1.165) is 26.6 Å². The average molecular weight is 177 g/mol. The molecule has 0 atom stereocenters. The normalized spacial score (nSPS) is 9.08. The first-order valence-electron chi connectivity index (χ1n) is 4.11. The Morgan fingerprint density at radius 1 is 1.33 bits per heavy atom. The van der Waals surface area contributed by atoms with Crippen molar-refractivity contribution in [1.29, 1.82) is 0 Å². The number of hydrogen-bond acceptors (Lipinski definition) is 3. The van der Waals surface area contributed by atoms with Crippen LogP contribution in [0.4, 0.5) is 0 Å². The number of carbonyl (C=O) groups is 1. The molecule has 0 aromatic heterocycles. The summed E-state index contributed by atoms with van der Waals surface area (Å²) in [6, 6.07) is 0. The van der Waals surface area contributed by atoms with Crippen LogP contribution in [0.3, 0.4) is 0 Å². The molecular weight excluding hydrogens is 158 g/mol. The Balaban J connectivity index is 0. The summed E-state index contributed by atoms with van der Waals surface area (Å²) in [7, 11) is 0. The van der Waals surface area contributed by atoms with Crippen molar-refractivity contribution in [2.45, 2.75) is 20.8 Å². The molecule has 0 saturated carbocycles. The van der Waals surface area contributed by atoms with Crippen LogP contribution in [0.25, 0.3) is 0 Å². The fourth-order valence-electron chi connectivity index (χ4n) is 0.681. The van der Waals surface area contributed by atoms with Gasteiger partial charge >= 0.3 is 0 Å². The van der Waals surface area contributed by atoms with Crippen molar-refractivity contribution in [2.24, 2.45) is 0 Å². The SMILES string of the molecule is CC(=O)O.CCN(CC)CCO. The van der Waals surface area contributed by atoms with Crippen LogP contribution < -0.4 is 0 Å². The Bertz CT molecular complexity index is 98.5. The summed E-state index contributed by atoms with van der Waals surface area (Å²) in [4.78, 5) is 11.2. The molecule has 2 N–H and O–H groups in total. The number of aliphatic carboxylic acids is 1. The van der Waals surface area contributed by atoms with Crippen LogP contribution in [0.5, 0.6) is 0 Å². The third-order valence-electron chi connectivity index (χ3n) is 1.31. The van der Waals surface area contributed by atoms with Gasteiger partial charge in [0.05, 0.1) is 6.61 Å². The number of likely N-dealkylation sites (N-methyl/N-ethyl adjacent to an activating group) is 1. The molecule has 0 spiro atoms. The molecule has 0 heterocycles. The van der Waals surface area contributed by atoms with Gasteiger partial charge in [0.2, 0.25) is 0 Å². The minimum atomic E-state index is -0.833. The Kier molecular flexibility index (Phi) is 12.1. The van der Waals surface area contributed by atoms with E-state index in [1.165, 1.54) is 0 Å². The second kappa shape index (κ2) is 10.4. The van der Waals surface area contributed by atoms with Crippen LogP contribution in [0.1, 0.15) is 20.8 Å². The van der Waals surface area contributed by atoms with Gasteiger partial charge in [-0.3, -0.25) is 4.79 Å². The molecule has 0 bridgehead atoms. The van der Waals surface area contributed by atoms with Crippen LogP contribution in [0.2, 0.25) is 0 Å². The Morgan fingerprint density at radius 3 is 1.75 bits per heavy atom. The lowest BCUT2D eigenvalue weighted by Gasteiger charge is -2.15. The van der Waals surface area contributed by atoms with Crippen molar-refractivity contribution < 1.29 is 15.0 Å². The Hall–Kier alpha value is -0.610. The summed E-state index contributed by atoms with van der Waals surface area (Å²) >= 11 is 0. The fraction of sp³-hybridized carbons (Fsp3) is 0.875. The van der Waals surface area contributed by atoms with E-state index in [9.17, 15) is 0 Å². The monoisotopic (exact) mass is 177 g/mol. The van der Waals surface area contributed by atoms with Gasteiger partial charge in [-0.15, -0.1) is 0 Å². The molecule has 12 heavy (non-hydrogen) atoms. The molecule has 0 rings (SSSR count). The number of hydrogen-bond donors (Lipinski definition) is 2. The highest BCUT2D eigenvalue weighted by atomic mass is 16.4.